The van der Waals surface area contributed by atoms with Crippen LogP contribution in [-0.2, 0) is 6.42 Å². The maximum Gasteiger partial charge on any atom is 0.256 e. The molecule has 1 atom stereocenters. The van der Waals surface area contributed by atoms with E-state index >= 15 is 0 Å². The van der Waals surface area contributed by atoms with Crippen molar-refractivity contribution in [1.29, 1.82) is 0 Å². The summed E-state index contributed by atoms with van der Waals surface area (Å²) < 4.78 is 5.24. The van der Waals surface area contributed by atoms with Gasteiger partial charge in [-0.25, -0.2) is 0 Å². The van der Waals surface area contributed by atoms with Crippen molar-refractivity contribution in [2.45, 2.75) is 32.7 Å². The Hall–Kier alpha value is -2.30. The van der Waals surface area contributed by atoms with Crippen LogP contribution in [-0.4, -0.2) is 16.9 Å². The summed E-state index contributed by atoms with van der Waals surface area (Å²) in [5.74, 6) is 0.539. The summed E-state index contributed by atoms with van der Waals surface area (Å²) >= 11 is 0. The van der Waals surface area contributed by atoms with Gasteiger partial charge in [0, 0.05) is 30.4 Å². The first-order valence-corrected chi connectivity index (χ1v) is 6.59. The first-order valence-electron chi connectivity index (χ1n) is 6.59. The van der Waals surface area contributed by atoms with Gasteiger partial charge >= 0.3 is 0 Å². The van der Waals surface area contributed by atoms with Gasteiger partial charge in [-0.3, -0.25) is 9.59 Å². The lowest BCUT2D eigenvalue weighted by molar-refractivity contribution is 0.0936. The van der Waals surface area contributed by atoms with Gasteiger partial charge in [0.2, 0.25) is 0 Å². The number of carbonyl (C=O) groups is 1. The van der Waals surface area contributed by atoms with Crippen LogP contribution in [0.3, 0.4) is 0 Å². The molecule has 2 aromatic rings. The lowest BCUT2D eigenvalue weighted by Crippen LogP contribution is -2.35. The van der Waals surface area contributed by atoms with Gasteiger partial charge < -0.3 is 14.7 Å². The van der Waals surface area contributed by atoms with Gasteiger partial charge in [0.15, 0.2) is 5.43 Å². The molecule has 0 aliphatic rings. The first-order chi connectivity index (χ1) is 9.56. The van der Waals surface area contributed by atoms with E-state index in [1.807, 2.05) is 19.1 Å². The molecule has 0 saturated carbocycles. The number of nitrogens with one attached hydrogen (secondary N) is 2. The maximum atomic E-state index is 12.0. The second-order valence-corrected chi connectivity index (χ2v) is 4.89. The highest BCUT2D eigenvalue weighted by molar-refractivity contribution is 5.93. The molecule has 2 aromatic heterocycles. The second kappa shape index (κ2) is 6.23. The van der Waals surface area contributed by atoms with E-state index in [-0.39, 0.29) is 22.9 Å². The van der Waals surface area contributed by atoms with Gasteiger partial charge in [0.25, 0.3) is 5.91 Å². The highest BCUT2D eigenvalue weighted by atomic mass is 16.3. The molecule has 0 aromatic carbocycles. The fraction of sp³-hybridized carbons (Fsp3) is 0.333. The van der Waals surface area contributed by atoms with E-state index in [2.05, 4.69) is 10.3 Å². The zero-order chi connectivity index (χ0) is 14.5. The predicted molar refractivity (Wildman–Crippen MR) is 75.8 cm³/mol. The number of pyridine rings is 1. The maximum absolute atomic E-state index is 12.0. The van der Waals surface area contributed by atoms with Gasteiger partial charge in [0.1, 0.15) is 11.3 Å². The van der Waals surface area contributed by atoms with E-state index in [9.17, 15) is 9.59 Å². The van der Waals surface area contributed by atoms with Gasteiger partial charge in [0.05, 0.1) is 6.26 Å². The zero-order valence-electron chi connectivity index (χ0n) is 11.6. The number of hydrogen-bond acceptors (Lipinski definition) is 3. The lowest BCUT2D eigenvalue weighted by atomic mass is 10.1. The average molecular weight is 274 g/mol. The molecule has 106 valence electrons. The van der Waals surface area contributed by atoms with Crippen LogP contribution in [0.5, 0.6) is 0 Å². The molecule has 0 fully saturated rings. The largest absolute Gasteiger partial charge is 0.469 e. The molecular formula is C15H18N2O3. The minimum Gasteiger partial charge on any atom is -0.469 e. The number of H-pyrrole nitrogens is 1. The number of carbonyl (C=O) groups excluding carboxylic acids is 1. The molecule has 5 heteroatoms. The molecule has 0 saturated heterocycles. The van der Waals surface area contributed by atoms with Crippen molar-refractivity contribution in [3.63, 3.8) is 0 Å². The summed E-state index contributed by atoms with van der Waals surface area (Å²) in [6.07, 6.45) is 4.58. The van der Waals surface area contributed by atoms with Crippen LogP contribution in [0, 0.1) is 6.92 Å². The molecule has 0 aliphatic carbocycles. The van der Waals surface area contributed by atoms with E-state index in [1.54, 1.807) is 13.2 Å². The Kier molecular flexibility index (Phi) is 4.40. The Morgan fingerprint density at radius 1 is 1.50 bits per heavy atom. The topological polar surface area (TPSA) is 75.1 Å². The van der Waals surface area contributed by atoms with Crippen LogP contribution in [0.1, 0.15) is 35.2 Å². The summed E-state index contributed by atoms with van der Waals surface area (Å²) in [6, 6.07) is 5.12. The smallest absolute Gasteiger partial charge is 0.256 e. The van der Waals surface area contributed by atoms with Gasteiger partial charge in [-0.05, 0) is 32.4 Å². The summed E-state index contributed by atoms with van der Waals surface area (Å²) in [5.41, 5.74) is 0.606. The van der Waals surface area contributed by atoms with Crippen molar-refractivity contribution >= 4 is 5.91 Å². The SMILES string of the molecule is Cc1cc(=O)c(C(=O)NC(C)CCc2ccco2)c[nH]1. The number of amides is 1. The number of aryl methyl sites for hydroxylation is 2. The number of furan rings is 1. The lowest BCUT2D eigenvalue weighted by Gasteiger charge is -2.12. The van der Waals surface area contributed by atoms with Crippen LogP contribution in [0.4, 0.5) is 0 Å². The second-order valence-electron chi connectivity index (χ2n) is 4.89. The Balaban J connectivity index is 1.91. The molecule has 20 heavy (non-hydrogen) atoms. The standard InChI is InChI=1S/C15H18N2O3/c1-10(5-6-12-4-3-7-20-12)17-15(19)13-9-16-11(2)8-14(13)18/h3-4,7-10H,5-6H2,1-2H3,(H,16,18)(H,17,19). The summed E-state index contributed by atoms with van der Waals surface area (Å²) in [5, 5.41) is 2.82. The third kappa shape index (κ3) is 3.60. The quantitative estimate of drug-likeness (QED) is 0.876. The highest BCUT2D eigenvalue weighted by Gasteiger charge is 2.13. The summed E-state index contributed by atoms with van der Waals surface area (Å²) in [6.45, 7) is 3.68. The molecule has 1 unspecified atom stereocenters. The minimum atomic E-state index is -0.349. The Bertz CT molecular complexity index is 629. The Labute approximate surface area is 117 Å². The molecule has 2 heterocycles. The van der Waals surface area contributed by atoms with Crippen LogP contribution in [0.25, 0.3) is 0 Å². The van der Waals surface area contributed by atoms with Crippen molar-refractivity contribution in [3.05, 3.63) is 57.9 Å². The molecule has 0 aliphatic heterocycles. The highest BCUT2D eigenvalue weighted by Crippen LogP contribution is 2.06. The Morgan fingerprint density at radius 2 is 2.30 bits per heavy atom. The normalized spacial score (nSPS) is 12.1. The van der Waals surface area contributed by atoms with Crippen LogP contribution in [0.15, 0.2) is 39.9 Å². The molecule has 2 N–H and O–H groups in total. The van der Waals surface area contributed by atoms with Crippen LogP contribution < -0.4 is 10.7 Å². The molecule has 0 bridgehead atoms. The number of aromatic nitrogens is 1. The van der Waals surface area contributed by atoms with Crippen molar-refractivity contribution in [2.24, 2.45) is 0 Å². The molecule has 2 rings (SSSR count). The van der Waals surface area contributed by atoms with Crippen molar-refractivity contribution in [3.8, 4) is 0 Å². The van der Waals surface area contributed by atoms with E-state index in [4.69, 9.17) is 4.42 Å². The van der Waals surface area contributed by atoms with Gasteiger partial charge in [-0.15, -0.1) is 0 Å². The van der Waals surface area contributed by atoms with Crippen molar-refractivity contribution in [1.82, 2.24) is 10.3 Å². The molecule has 0 spiro atoms. The predicted octanol–water partition coefficient (Wildman–Crippen LogP) is 2.03. The number of rotatable bonds is 5. The van der Waals surface area contributed by atoms with Crippen molar-refractivity contribution in [2.75, 3.05) is 0 Å². The van der Waals surface area contributed by atoms with E-state index in [0.29, 0.717) is 0 Å². The molecule has 0 radical (unpaired) electrons. The van der Waals surface area contributed by atoms with E-state index in [0.717, 1.165) is 24.3 Å². The Morgan fingerprint density at radius 3 is 2.95 bits per heavy atom. The van der Waals surface area contributed by atoms with Crippen LogP contribution in [0.2, 0.25) is 0 Å². The molecular weight excluding hydrogens is 256 g/mol. The number of aromatic amines is 1. The van der Waals surface area contributed by atoms with Crippen molar-refractivity contribution < 1.29 is 9.21 Å². The van der Waals surface area contributed by atoms with Gasteiger partial charge in [-0.1, -0.05) is 0 Å². The fourth-order valence-electron chi connectivity index (χ4n) is 1.94. The number of hydrogen-bond donors (Lipinski definition) is 2. The summed E-state index contributed by atoms with van der Waals surface area (Å²) in [7, 11) is 0. The molecule has 5 nitrogen and oxygen atoms in total. The first kappa shape index (κ1) is 14.1. The minimum absolute atomic E-state index is 0.0340. The summed E-state index contributed by atoms with van der Waals surface area (Å²) in [4.78, 5) is 26.6. The molecule has 1 amide bonds. The van der Waals surface area contributed by atoms with Crippen LogP contribution >= 0.6 is 0 Å². The van der Waals surface area contributed by atoms with E-state index in [1.165, 1.54) is 12.3 Å². The third-order valence-electron chi connectivity index (χ3n) is 3.08. The zero-order valence-corrected chi connectivity index (χ0v) is 11.6. The van der Waals surface area contributed by atoms with E-state index < -0.39 is 0 Å². The third-order valence-corrected chi connectivity index (χ3v) is 3.08. The monoisotopic (exact) mass is 274 g/mol. The average Bonchev–Trinajstić information content (AvgIpc) is 2.89. The van der Waals surface area contributed by atoms with Gasteiger partial charge in [-0.2, -0.15) is 0 Å². The fourth-order valence-corrected chi connectivity index (χ4v) is 1.94.